The van der Waals surface area contributed by atoms with Crippen LogP contribution in [0.25, 0.3) is 0 Å². The zero-order valence-electron chi connectivity index (χ0n) is 9.91. The molecule has 1 nitrogen and oxygen atoms in total. The van der Waals surface area contributed by atoms with Crippen LogP contribution in [0.3, 0.4) is 0 Å². The van der Waals surface area contributed by atoms with Gasteiger partial charge in [0.1, 0.15) is 0 Å². The van der Waals surface area contributed by atoms with E-state index in [0.29, 0.717) is 5.92 Å². The van der Waals surface area contributed by atoms with E-state index in [1.807, 2.05) is 24.3 Å². The maximum atomic E-state index is 10.7. The maximum Gasteiger partial charge on any atom is 0.0899 e. The van der Waals surface area contributed by atoms with Crippen LogP contribution in [0.4, 0.5) is 0 Å². The zero-order chi connectivity index (χ0) is 11.8. The molecule has 0 aromatic heterocycles. The number of halogens is 1. The summed E-state index contributed by atoms with van der Waals surface area (Å²) in [5.41, 5.74) is 0.460. The van der Waals surface area contributed by atoms with Gasteiger partial charge in [-0.05, 0) is 48.8 Å². The topological polar surface area (TPSA) is 20.2 Å². The quantitative estimate of drug-likeness (QED) is 0.823. The second-order valence-electron chi connectivity index (χ2n) is 5.24. The normalized spacial score (nSPS) is 35.0. The van der Waals surface area contributed by atoms with E-state index >= 15 is 0 Å². The molecular weight excluding hydrogens is 264 g/mol. The Labute approximate surface area is 106 Å². The molecule has 1 aromatic rings. The van der Waals surface area contributed by atoms with Crippen LogP contribution in [0.1, 0.15) is 38.7 Å². The molecule has 2 rings (SSSR count). The third-order valence-corrected chi connectivity index (χ3v) is 4.55. The Morgan fingerprint density at radius 3 is 2.38 bits per heavy atom. The fraction of sp³-hybridized carbons (Fsp3) is 0.571. The lowest BCUT2D eigenvalue weighted by Gasteiger charge is -2.39. The van der Waals surface area contributed by atoms with Crippen molar-refractivity contribution in [2.45, 2.75) is 38.7 Å². The van der Waals surface area contributed by atoms with Gasteiger partial charge in [0, 0.05) is 4.47 Å². The molecule has 1 aromatic carbocycles. The highest BCUT2D eigenvalue weighted by atomic mass is 79.9. The Hall–Kier alpha value is -0.340. The SMILES string of the molecule is C[C@@H]1CC[C@](O)(c2ccc(Br)cc2)C[C@H]1C. The van der Waals surface area contributed by atoms with E-state index in [1.165, 1.54) is 0 Å². The predicted molar refractivity (Wildman–Crippen MR) is 70.2 cm³/mol. The number of rotatable bonds is 1. The van der Waals surface area contributed by atoms with Crippen molar-refractivity contribution < 1.29 is 5.11 Å². The minimum atomic E-state index is -0.605. The van der Waals surface area contributed by atoms with Gasteiger partial charge < -0.3 is 5.11 Å². The van der Waals surface area contributed by atoms with Crippen molar-refractivity contribution in [1.29, 1.82) is 0 Å². The molecule has 16 heavy (non-hydrogen) atoms. The molecule has 0 aliphatic heterocycles. The largest absolute Gasteiger partial charge is 0.385 e. The molecule has 1 aliphatic carbocycles. The van der Waals surface area contributed by atoms with Gasteiger partial charge in [-0.15, -0.1) is 0 Å². The monoisotopic (exact) mass is 282 g/mol. The second-order valence-corrected chi connectivity index (χ2v) is 6.15. The Morgan fingerprint density at radius 2 is 1.81 bits per heavy atom. The van der Waals surface area contributed by atoms with Crippen molar-refractivity contribution in [1.82, 2.24) is 0 Å². The van der Waals surface area contributed by atoms with Crippen LogP contribution in [0, 0.1) is 11.8 Å². The van der Waals surface area contributed by atoms with Crippen LogP contribution >= 0.6 is 15.9 Å². The van der Waals surface area contributed by atoms with Gasteiger partial charge in [-0.3, -0.25) is 0 Å². The predicted octanol–water partition coefficient (Wildman–Crippen LogP) is 4.09. The van der Waals surface area contributed by atoms with Crippen molar-refractivity contribution in [3.05, 3.63) is 34.3 Å². The fourth-order valence-electron chi connectivity index (χ4n) is 2.61. The van der Waals surface area contributed by atoms with Crippen LogP contribution in [0.15, 0.2) is 28.7 Å². The lowest BCUT2D eigenvalue weighted by molar-refractivity contribution is -0.0336. The van der Waals surface area contributed by atoms with Crippen LogP contribution in [-0.2, 0) is 5.60 Å². The average Bonchev–Trinajstić information content (AvgIpc) is 2.25. The molecule has 0 heterocycles. The lowest BCUT2D eigenvalue weighted by atomic mass is 9.70. The summed E-state index contributed by atoms with van der Waals surface area (Å²) in [6.45, 7) is 4.53. The first kappa shape index (κ1) is 12.1. The molecule has 0 saturated heterocycles. The number of aliphatic hydroxyl groups is 1. The summed E-state index contributed by atoms with van der Waals surface area (Å²) in [4.78, 5) is 0. The van der Waals surface area contributed by atoms with Crippen molar-refractivity contribution in [2.24, 2.45) is 11.8 Å². The first-order valence-corrected chi connectivity index (χ1v) is 6.79. The number of benzene rings is 1. The van der Waals surface area contributed by atoms with E-state index in [1.54, 1.807) is 0 Å². The molecule has 0 amide bonds. The summed E-state index contributed by atoms with van der Waals surface area (Å²) >= 11 is 3.43. The average molecular weight is 283 g/mol. The standard InChI is InChI=1S/C14H19BrO/c1-10-7-8-14(16,9-11(10)2)12-3-5-13(15)6-4-12/h3-6,10-11,16H,7-9H2,1-2H3/t10-,11-,14-/m1/s1. The maximum absolute atomic E-state index is 10.7. The lowest BCUT2D eigenvalue weighted by Crippen LogP contribution is -2.35. The Kier molecular flexibility index (Phi) is 3.41. The minimum absolute atomic E-state index is 0.599. The molecule has 1 N–H and O–H groups in total. The Morgan fingerprint density at radius 1 is 1.19 bits per heavy atom. The summed E-state index contributed by atoms with van der Waals surface area (Å²) in [5.74, 6) is 1.33. The molecule has 0 bridgehead atoms. The van der Waals surface area contributed by atoms with Gasteiger partial charge >= 0.3 is 0 Å². The summed E-state index contributed by atoms with van der Waals surface area (Å²) < 4.78 is 1.07. The van der Waals surface area contributed by atoms with Gasteiger partial charge in [0.2, 0.25) is 0 Å². The Bertz CT molecular complexity index is 360. The second kappa shape index (κ2) is 4.50. The zero-order valence-corrected chi connectivity index (χ0v) is 11.5. The highest BCUT2D eigenvalue weighted by Crippen LogP contribution is 2.42. The van der Waals surface area contributed by atoms with Crippen molar-refractivity contribution in [2.75, 3.05) is 0 Å². The van der Waals surface area contributed by atoms with Gasteiger partial charge in [0.25, 0.3) is 0 Å². The molecule has 1 fully saturated rings. The number of hydrogen-bond acceptors (Lipinski definition) is 1. The van der Waals surface area contributed by atoms with Crippen LogP contribution in [0.2, 0.25) is 0 Å². The highest BCUT2D eigenvalue weighted by Gasteiger charge is 2.37. The van der Waals surface area contributed by atoms with E-state index in [9.17, 15) is 5.11 Å². The molecule has 2 heteroatoms. The first-order valence-electron chi connectivity index (χ1n) is 6.00. The minimum Gasteiger partial charge on any atom is -0.385 e. The Balaban J connectivity index is 2.22. The van der Waals surface area contributed by atoms with Gasteiger partial charge in [-0.2, -0.15) is 0 Å². The van der Waals surface area contributed by atoms with Crippen molar-refractivity contribution in [3.8, 4) is 0 Å². The third kappa shape index (κ3) is 2.33. The first-order chi connectivity index (χ1) is 7.51. The van der Waals surface area contributed by atoms with Crippen LogP contribution in [0.5, 0.6) is 0 Å². The van der Waals surface area contributed by atoms with Gasteiger partial charge in [-0.25, -0.2) is 0 Å². The summed E-state index contributed by atoms with van der Waals surface area (Å²) in [5, 5.41) is 10.7. The van der Waals surface area contributed by atoms with Gasteiger partial charge in [0.15, 0.2) is 0 Å². The molecule has 0 radical (unpaired) electrons. The number of hydrogen-bond donors (Lipinski definition) is 1. The molecule has 1 aliphatic rings. The van der Waals surface area contributed by atoms with E-state index in [4.69, 9.17) is 0 Å². The van der Waals surface area contributed by atoms with Crippen LogP contribution < -0.4 is 0 Å². The molecule has 0 unspecified atom stereocenters. The van der Waals surface area contributed by atoms with E-state index in [2.05, 4.69) is 29.8 Å². The molecule has 88 valence electrons. The third-order valence-electron chi connectivity index (χ3n) is 4.03. The van der Waals surface area contributed by atoms with Crippen LogP contribution in [-0.4, -0.2) is 5.11 Å². The molecular formula is C14H19BrO. The highest BCUT2D eigenvalue weighted by molar-refractivity contribution is 9.10. The van der Waals surface area contributed by atoms with E-state index in [0.717, 1.165) is 35.2 Å². The molecule has 1 saturated carbocycles. The van der Waals surface area contributed by atoms with Gasteiger partial charge in [0.05, 0.1) is 5.60 Å². The van der Waals surface area contributed by atoms with Crippen molar-refractivity contribution >= 4 is 15.9 Å². The smallest absolute Gasteiger partial charge is 0.0899 e. The summed E-state index contributed by atoms with van der Waals surface area (Å²) in [7, 11) is 0. The van der Waals surface area contributed by atoms with E-state index < -0.39 is 5.60 Å². The van der Waals surface area contributed by atoms with Crippen molar-refractivity contribution in [3.63, 3.8) is 0 Å². The van der Waals surface area contributed by atoms with E-state index in [-0.39, 0.29) is 0 Å². The molecule has 0 spiro atoms. The van der Waals surface area contributed by atoms with Gasteiger partial charge in [-0.1, -0.05) is 41.9 Å². The molecule has 3 atom stereocenters. The summed E-state index contributed by atoms with van der Waals surface area (Å²) in [6, 6.07) is 8.09. The fourth-order valence-corrected chi connectivity index (χ4v) is 2.87. The summed E-state index contributed by atoms with van der Waals surface area (Å²) in [6.07, 6.45) is 2.89.